The van der Waals surface area contributed by atoms with E-state index in [1.807, 2.05) is 0 Å². The highest BCUT2D eigenvalue weighted by molar-refractivity contribution is 8.19. The maximum atomic E-state index is 12.6. The topological polar surface area (TPSA) is 122 Å². The second kappa shape index (κ2) is 7.17. The van der Waals surface area contributed by atoms with Gasteiger partial charge in [-0.15, -0.1) is 0 Å². The van der Waals surface area contributed by atoms with Crippen LogP contribution in [-0.2, 0) is 4.79 Å². The number of hydrogen-bond donors (Lipinski definition) is 2. The van der Waals surface area contributed by atoms with E-state index in [2.05, 4.69) is 14.9 Å². The highest BCUT2D eigenvalue weighted by atomic mass is 35.5. The van der Waals surface area contributed by atoms with Crippen LogP contribution in [0.5, 0.6) is 0 Å². The van der Waals surface area contributed by atoms with Crippen molar-refractivity contribution in [3.63, 3.8) is 0 Å². The van der Waals surface area contributed by atoms with Crippen LogP contribution in [0.3, 0.4) is 0 Å². The predicted octanol–water partition coefficient (Wildman–Crippen LogP) is 4.93. The molecule has 0 saturated carbocycles. The van der Waals surface area contributed by atoms with Gasteiger partial charge in [0.15, 0.2) is 5.17 Å². The van der Waals surface area contributed by atoms with E-state index in [9.17, 15) is 4.79 Å². The van der Waals surface area contributed by atoms with Gasteiger partial charge in [-0.25, -0.2) is 9.53 Å². The number of amides is 1. The number of carbonyl (C=O) groups is 1. The molecule has 1 aromatic carbocycles. The summed E-state index contributed by atoms with van der Waals surface area (Å²) in [6, 6.07) is 6.46. The molecule has 12 heteroatoms. The van der Waals surface area contributed by atoms with Gasteiger partial charge in [-0.05, 0) is 46.3 Å². The second-order valence-corrected chi connectivity index (χ2v) is 7.73. The van der Waals surface area contributed by atoms with Crippen molar-refractivity contribution in [1.82, 2.24) is 10.3 Å². The number of thioether (sulfide) groups is 1. The van der Waals surface area contributed by atoms with Crippen LogP contribution in [0.4, 0.5) is 11.6 Å². The van der Waals surface area contributed by atoms with Crippen LogP contribution in [-0.4, -0.2) is 21.4 Å². The molecule has 8 nitrogen and oxygen atoms in total. The van der Waals surface area contributed by atoms with Crippen LogP contribution < -0.4 is 10.6 Å². The van der Waals surface area contributed by atoms with Gasteiger partial charge in [0, 0.05) is 11.6 Å². The van der Waals surface area contributed by atoms with Crippen molar-refractivity contribution in [1.29, 1.82) is 5.41 Å². The monoisotopic (exact) mass is 455 g/mol. The fourth-order valence-corrected chi connectivity index (χ4v) is 3.90. The molecule has 3 N–H and O–H groups in total. The molecule has 28 heavy (non-hydrogen) atoms. The van der Waals surface area contributed by atoms with Crippen molar-refractivity contribution in [3.05, 3.63) is 50.0 Å². The molecule has 2 aromatic heterocycles. The van der Waals surface area contributed by atoms with Gasteiger partial charge in [-0.1, -0.05) is 34.8 Å². The third-order valence-electron chi connectivity index (χ3n) is 3.71. The minimum Gasteiger partial charge on any atom is -0.457 e. The number of furan rings is 1. The Morgan fingerprint density at radius 3 is 2.61 bits per heavy atom. The molecule has 1 fully saturated rings. The van der Waals surface area contributed by atoms with E-state index in [-0.39, 0.29) is 21.7 Å². The Kier molecular flexibility index (Phi) is 4.84. The molecular formula is C16H8Cl3N5O3S. The van der Waals surface area contributed by atoms with Gasteiger partial charge in [0.05, 0.1) is 20.0 Å². The van der Waals surface area contributed by atoms with Crippen LogP contribution in [0.25, 0.3) is 17.4 Å². The molecular weight excluding hydrogens is 449 g/mol. The molecule has 0 unspecified atom stereocenters. The molecule has 4 rings (SSSR count). The molecule has 142 valence electrons. The Morgan fingerprint density at radius 1 is 1.14 bits per heavy atom. The molecule has 0 bridgehead atoms. The average Bonchev–Trinajstić information content (AvgIpc) is 3.33. The zero-order chi connectivity index (χ0) is 20.0. The summed E-state index contributed by atoms with van der Waals surface area (Å²) in [6.07, 6.45) is 1.50. The van der Waals surface area contributed by atoms with Gasteiger partial charge in [-0.3, -0.25) is 10.2 Å². The summed E-state index contributed by atoms with van der Waals surface area (Å²) in [7, 11) is 0. The lowest BCUT2D eigenvalue weighted by atomic mass is 10.2. The van der Waals surface area contributed by atoms with E-state index in [4.69, 9.17) is 50.4 Å². The summed E-state index contributed by atoms with van der Waals surface area (Å²) in [5, 5.41) is 15.9. The number of rotatable bonds is 3. The first-order chi connectivity index (χ1) is 13.3. The van der Waals surface area contributed by atoms with E-state index >= 15 is 0 Å². The minimum atomic E-state index is -0.497. The lowest BCUT2D eigenvalue weighted by Crippen LogP contribution is -2.29. The van der Waals surface area contributed by atoms with Gasteiger partial charge in [-0.2, -0.15) is 0 Å². The second-order valence-electron chi connectivity index (χ2n) is 5.48. The Bertz CT molecular complexity index is 1160. The highest BCUT2D eigenvalue weighted by Crippen LogP contribution is 2.38. The average molecular weight is 457 g/mol. The Hall–Kier alpha value is -2.46. The number of anilines is 2. The molecule has 0 atom stereocenters. The van der Waals surface area contributed by atoms with Crippen molar-refractivity contribution in [2.45, 2.75) is 0 Å². The molecule has 0 spiro atoms. The molecule has 0 aliphatic carbocycles. The number of carbonyl (C=O) groups excluding carboxylic acids is 1. The number of amidine groups is 1. The third-order valence-corrected chi connectivity index (χ3v) is 5.63. The van der Waals surface area contributed by atoms with Crippen molar-refractivity contribution >= 4 is 75.4 Å². The highest BCUT2D eigenvalue weighted by Gasteiger charge is 2.37. The van der Waals surface area contributed by atoms with Crippen molar-refractivity contribution in [2.24, 2.45) is 0 Å². The van der Waals surface area contributed by atoms with Crippen LogP contribution in [0.1, 0.15) is 5.76 Å². The van der Waals surface area contributed by atoms with Crippen molar-refractivity contribution in [2.75, 3.05) is 10.6 Å². The zero-order valence-corrected chi connectivity index (χ0v) is 16.7. The van der Waals surface area contributed by atoms with E-state index in [0.717, 1.165) is 16.7 Å². The first-order valence-electron chi connectivity index (χ1n) is 7.50. The lowest BCUT2D eigenvalue weighted by molar-refractivity contribution is -0.113. The van der Waals surface area contributed by atoms with Gasteiger partial charge in [0.2, 0.25) is 11.6 Å². The smallest absolute Gasteiger partial charge is 0.272 e. The number of hydrogen-bond acceptors (Lipinski definition) is 8. The van der Waals surface area contributed by atoms with Gasteiger partial charge < -0.3 is 10.2 Å². The number of halogens is 3. The molecule has 1 aliphatic heterocycles. The molecule has 3 heterocycles. The zero-order valence-electron chi connectivity index (χ0n) is 13.6. The van der Waals surface area contributed by atoms with Crippen LogP contribution in [0.2, 0.25) is 15.1 Å². The summed E-state index contributed by atoms with van der Waals surface area (Å²) in [6.45, 7) is 0. The number of aromatic nitrogens is 2. The summed E-state index contributed by atoms with van der Waals surface area (Å²) < 4.78 is 10.2. The van der Waals surface area contributed by atoms with Crippen molar-refractivity contribution < 1.29 is 13.8 Å². The SMILES string of the molecule is N=C1SC(=Cc2ccc(-c3cc(Cl)c(Cl)cc3Cl)o2)C(=O)N1c1nonc1N. The Labute approximate surface area is 176 Å². The predicted molar refractivity (Wildman–Crippen MR) is 109 cm³/mol. The van der Waals surface area contributed by atoms with Crippen LogP contribution in [0.15, 0.2) is 38.2 Å². The van der Waals surface area contributed by atoms with Gasteiger partial charge in [0.1, 0.15) is 11.5 Å². The number of nitrogen functional groups attached to an aromatic ring is 1. The Morgan fingerprint density at radius 2 is 1.89 bits per heavy atom. The molecule has 1 saturated heterocycles. The van der Waals surface area contributed by atoms with Crippen molar-refractivity contribution in [3.8, 4) is 11.3 Å². The fourth-order valence-electron chi connectivity index (χ4n) is 2.44. The molecule has 0 radical (unpaired) electrons. The Balaban J connectivity index is 1.65. The number of benzene rings is 1. The fraction of sp³-hybridized carbons (Fsp3) is 0. The van der Waals surface area contributed by atoms with Crippen LogP contribution in [0, 0.1) is 5.41 Å². The summed E-state index contributed by atoms with van der Waals surface area (Å²) in [5.41, 5.74) is 6.17. The van der Waals surface area contributed by atoms with E-state index in [1.165, 1.54) is 12.1 Å². The maximum absolute atomic E-state index is 12.6. The number of nitrogens with zero attached hydrogens (tertiary/aromatic N) is 3. The quantitative estimate of drug-likeness (QED) is 0.423. The standard InChI is InChI=1S/C16H8Cl3N5O3S/c17-8-5-10(19)9(18)4-7(8)11-2-1-6(26-11)3-12-15(25)24(16(21)28-12)14-13(20)22-27-23-14/h1-5,21H,(H2,20,22). The molecule has 1 aliphatic rings. The first-order valence-corrected chi connectivity index (χ1v) is 9.45. The van der Waals surface area contributed by atoms with E-state index in [0.29, 0.717) is 32.2 Å². The molecule has 1 amide bonds. The minimum absolute atomic E-state index is 0.0337. The van der Waals surface area contributed by atoms with E-state index in [1.54, 1.807) is 18.2 Å². The summed E-state index contributed by atoms with van der Waals surface area (Å²) >= 11 is 19.1. The third kappa shape index (κ3) is 3.26. The maximum Gasteiger partial charge on any atom is 0.272 e. The van der Waals surface area contributed by atoms with Gasteiger partial charge >= 0.3 is 0 Å². The van der Waals surface area contributed by atoms with Crippen LogP contribution >= 0.6 is 46.6 Å². The number of nitrogens with two attached hydrogens (primary N) is 1. The first kappa shape index (κ1) is 18.9. The normalized spacial score (nSPS) is 15.8. The summed E-state index contributed by atoms with van der Waals surface area (Å²) in [5.74, 6) is 0.211. The molecule has 3 aromatic rings. The lowest BCUT2D eigenvalue weighted by Gasteiger charge is -2.08. The number of nitrogens with one attached hydrogen (secondary N) is 1. The van der Waals surface area contributed by atoms with Gasteiger partial charge in [0.25, 0.3) is 5.91 Å². The summed E-state index contributed by atoms with van der Waals surface area (Å²) in [4.78, 5) is 13.9. The largest absolute Gasteiger partial charge is 0.457 e. The van der Waals surface area contributed by atoms with E-state index < -0.39 is 5.91 Å².